The molecular weight excluding hydrogens is 257 g/mol. The first-order chi connectivity index (χ1) is 7.74. The minimum Gasteiger partial charge on any atom is -0.381 e. The lowest BCUT2D eigenvalue weighted by Gasteiger charge is -2.11. The summed E-state index contributed by atoms with van der Waals surface area (Å²) < 4.78 is 61.6. The molecule has 0 aliphatic heterocycles. The van der Waals surface area contributed by atoms with Gasteiger partial charge in [-0.25, -0.2) is 0 Å². The van der Waals surface area contributed by atoms with Gasteiger partial charge in [-0.1, -0.05) is 26.7 Å². The van der Waals surface area contributed by atoms with E-state index in [9.17, 15) is 21.6 Å². The maximum atomic E-state index is 12.0. The summed E-state index contributed by atoms with van der Waals surface area (Å²) in [5.74, 6) is -0.154. The lowest BCUT2D eigenvalue weighted by Crippen LogP contribution is -2.25. The predicted molar refractivity (Wildman–Crippen MR) is 58.6 cm³/mol. The van der Waals surface area contributed by atoms with Gasteiger partial charge in [-0.05, 0) is 18.9 Å². The molecule has 0 radical (unpaired) electrons. The van der Waals surface area contributed by atoms with E-state index >= 15 is 0 Å². The SMILES string of the molecule is CCCCC/C=C(/CC)OS(=O)(=O)C(F)(F)F. The number of halogens is 3. The van der Waals surface area contributed by atoms with Crippen molar-refractivity contribution in [3.8, 4) is 0 Å². The van der Waals surface area contributed by atoms with Crippen LogP contribution in [0.25, 0.3) is 0 Å². The van der Waals surface area contributed by atoms with Gasteiger partial charge in [0, 0.05) is 6.42 Å². The van der Waals surface area contributed by atoms with Gasteiger partial charge in [0.25, 0.3) is 0 Å². The summed E-state index contributed by atoms with van der Waals surface area (Å²) in [6, 6.07) is 0. The third kappa shape index (κ3) is 5.95. The Morgan fingerprint density at radius 3 is 2.24 bits per heavy atom. The van der Waals surface area contributed by atoms with Crippen molar-refractivity contribution in [2.24, 2.45) is 0 Å². The number of hydrogen-bond acceptors (Lipinski definition) is 3. The predicted octanol–water partition coefficient (Wildman–Crippen LogP) is 3.73. The van der Waals surface area contributed by atoms with E-state index in [1.165, 1.54) is 13.0 Å². The lowest BCUT2D eigenvalue weighted by atomic mass is 10.2. The lowest BCUT2D eigenvalue weighted by molar-refractivity contribution is -0.0523. The van der Waals surface area contributed by atoms with Crippen LogP contribution in [0.3, 0.4) is 0 Å². The molecule has 102 valence electrons. The molecule has 0 saturated carbocycles. The molecular formula is C10H17F3O3S. The zero-order valence-electron chi connectivity index (χ0n) is 9.88. The summed E-state index contributed by atoms with van der Waals surface area (Å²) in [5.41, 5.74) is -5.37. The van der Waals surface area contributed by atoms with Crippen molar-refractivity contribution in [3.05, 3.63) is 11.8 Å². The third-order valence-corrected chi connectivity index (χ3v) is 3.03. The highest BCUT2D eigenvalue weighted by Crippen LogP contribution is 2.27. The van der Waals surface area contributed by atoms with Gasteiger partial charge in [0.15, 0.2) is 0 Å². The van der Waals surface area contributed by atoms with Crippen LogP contribution in [0.4, 0.5) is 13.2 Å². The summed E-state index contributed by atoms with van der Waals surface area (Å²) >= 11 is 0. The summed E-state index contributed by atoms with van der Waals surface area (Å²) in [4.78, 5) is 0. The smallest absolute Gasteiger partial charge is 0.381 e. The van der Waals surface area contributed by atoms with E-state index in [2.05, 4.69) is 4.18 Å². The van der Waals surface area contributed by atoms with E-state index in [1.807, 2.05) is 6.92 Å². The molecule has 0 aliphatic carbocycles. The van der Waals surface area contributed by atoms with Gasteiger partial charge in [-0.15, -0.1) is 0 Å². The average molecular weight is 274 g/mol. The summed E-state index contributed by atoms with van der Waals surface area (Å²) in [7, 11) is -5.52. The molecule has 0 fully saturated rings. The molecule has 0 heterocycles. The topological polar surface area (TPSA) is 43.4 Å². The van der Waals surface area contributed by atoms with E-state index in [4.69, 9.17) is 0 Å². The van der Waals surface area contributed by atoms with E-state index in [0.717, 1.165) is 19.3 Å². The van der Waals surface area contributed by atoms with E-state index in [-0.39, 0.29) is 12.2 Å². The van der Waals surface area contributed by atoms with Crippen molar-refractivity contribution in [1.29, 1.82) is 0 Å². The fraction of sp³-hybridized carbons (Fsp3) is 0.800. The molecule has 0 aromatic rings. The quantitative estimate of drug-likeness (QED) is 0.307. The van der Waals surface area contributed by atoms with Crippen LogP contribution in [-0.4, -0.2) is 13.9 Å². The van der Waals surface area contributed by atoms with Crippen molar-refractivity contribution in [2.45, 2.75) is 51.5 Å². The Morgan fingerprint density at radius 2 is 1.82 bits per heavy atom. The minimum absolute atomic E-state index is 0.113. The van der Waals surface area contributed by atoms with Crippen molar-refractivity contribution in [2.75, 3.05) is 0 Å². The number of unbranched alkanes of at least 4 members (excludes halogenated alkanes) is 3. The molecule has 0 rings (SSSR count). The van der Waals surface area contributed by atoms with Crippen molar-refractivity contribution < 1.29 is 25.8 Å². The highest BCUT2D eigenvalue weighted by Gasteiger charge is 2.48. The average Bonchev–Trinajstić information content (AvgIpc) is 2.20. The van der Waals surface area contributed by atoms with E-state index in [1.54, 1.807) is 0 Å². The van der Waals surface area contributed by atoms with Gasteiger partial charge in [0.05, 0.1) is 0 Å². The minimum atomic E-state index is -5.52. The molecule has 0 amide bonds. The maximum absolute atomic E-state index is 12.0. The molecule has 0 N–H and O–H groups in total. The van der Waals surface area contributed by atoms with Crippen LogP contribution in [0.15, 0.2) is 11.8 Å². The summed E-state index contributed by atoms with van der Waals surface area (Å²) in [5, 5.41) is 0. The number of allylic oxidation sites excluding steroid dienone is 2. The molecule has 0 saturated heterocycles. The van der Waals surface area contributed by atoms with Crippen molar-refractivity contribution in [3.63, 3.8) is 0 Å². The zero-order chi connectivity index (χ0) is 13.5. The van der Waals surface area contributed by atoms with Crippen LogP contribution < -0.4 is 0 Å². The highest BCUT2D eigenvalue weighted by atomic mass is 32.2. The molecule has 17 heavy (non-hydrogen) atoms. The van der Waals surface area contributed by atoms with E-state index < -0.39 is 15.6 Å². The second-order valence-electron chi connectivity index (χ2n) is 3.50. The molecule has 0 bridgehead atoms. The van der Waals surface area contributed by atoms with Crippen LogP contribution in [0, 0.1) is 0 Å². The molecule has 0 atom stereocenters. The molecule has 7 heteroatoms. The highest BCUT2D eigenvalue weighted by molar-refractivity contribution is 7.87. The zero-order valence-corrected chi connectivity index (χ0v) is 10.7. The molecule has 0 aromatic carbocycles. The van der Waals surface area contributed by atoms with Gasteiger partial charge >= 0.3 is 15.6 Å². The Hall–Kier alpha value is -0.720. The van der Waals surface area contributed by atoms with Crippen molar-refractivity contribution in [1.82, 2.24) is 0 Å². The standard InChI is InChI=1S/C10H17F3O3S/c1-3-5-6-7-8-9(4-2)16-17(14,15)10(11,12)13/h8H,3-7H2,1-2H3/b9-8-. The Balaban J connectivity index is 4.51. The third-order valence-electron chi connectivity index (χ3n) is 2.03. The fourth-order valence-electron chi connectivity index (χ4n) is 1.08. The van der Waals surface area contributed by atoms with Gasteiger partial charge in [0.2, 0.25) is 0 Å². The first kappa shape index (κ1) is 16.3. The van der Waals surface area contributed by atoms with E-state index in [0.29, 0.717) is 6.42 Å². The second kappa shape index (κ2) is 6.88. The van der Waals surface area contributed by atoms with Crippen LogP contribution >= 0.6 is 0 Å². The van der Waals surface area contributed by atoms with Crippen LogP contribution in [0.1, 0.15) is 46.0 Å². The molecule has 0 unspecified atom stereocenters. The molecule has 0 spiro atoms. The van der Waals surface area contributed by atoms with Gasteiger partial charge in [-0.3, -0.25) is 0 Å². The molecule has 3 nitrogen and oxygen atoms in total. The Labute approximate surface area is 99.8 Å². The van der Waals surface area contributed by atoms with Crippen molar-refractivity contribution >= 4 is 10.1 Å². The van der Waals surface area contributed by atoms with Crippen LogP contribution in [0.5, 0.6) is 0 Å². The van der Waals surface area contributed by atoms with Gasteiger partial charge < -0.3 is 4.18 Å². The molecule has 0 aromatic heterocycles. The van der Waals surface area contributed by atoms with Gasteiger partial charge in [0.1, 0.15) is 5.76 Å². The first-order valence-electron chi connectivity index (χ1n) is 5.44. The largest absolute Gasteiger partial charge is 0.534 e. The van der Waals surface area contributed by atoms with Crippen LogP contribution in [-0.2, 0) is 14.3 Å². The summed E-state index contributed by atoms with van der Waals surface area (Å²) in [6.45, 7) is 3.53. The Bertz CT molecular complexity index is 344. The Morgan fingerprint density at radius 1 is 1.24 bits per heavy atom. The maximum Gasteiger partial charge on any atom is 0.534 e. The Kier molecular flexibility index (Phi) is 6.59. The number of rotatable bonds is 7. The second-order valence-corrected chi connectivity index (χ2v) is 5.04. The monoisotopic (exact) mass is 274 g/mol. The number of hydrogen-bond donors (Lipinski definition) is 0. The molecule has 0 aliphatic rings. The summed E-state index contributed by atoms with van der Waals surface area (Å²) in [6.07, 6.45) is 4.76. The first-order valence-corrected chi connectivity index (χ1v) is 6.85. The van der Waals surface area contributed by atoms with Gasteiger partial charge in [-0.2, -0.15) is 21.6 Å². The van der Waals surface area contributed by atoms with Crippen LogP contribution in [0.2, 0.25) is 0 Å². The number of alkyl halides is 3. The fourth-order valence-corrected chi connectivity index (χ4v) is 1.65. The normalized spacial score (nSPS) is 13.8.